The van der Waals surface area contributed by atoms with E-state index in [1.165, 1.54) is 18.2 Å². The molecule has 0 fully saturated rings. The van der Waals surface area contributed by atoms with Gasteiger partial charge in [0.25, 0.3) is 5.91 Å². The van der Waals surface area contributed by atoms with Gasteiger partial charge < -0.3 is 16.2 Å². The number of phenolic OH excluding ortho intramolecular Hbond substituents is 1. The zero-order valence-electron chi connectivity index (χ0n) is 9.35. The smallest absolute Gasteiger partial charge is 0.257 e. The summed E-state index contributed by atoms with van der Waals surface area (Å²) in [5.74, 6) is -0.302. The van der Waals surface area contributed by atoms with Crippen LogP contribution in [0.3, 0.4) is 0 Å². The van der Waals surface area contributed by atoms with Crippen molar-refractivity contribution >= 4 is 28.9 Å². The molecule has 92 valence electrons. The third kappa shape index (κ3) is 2.73. The Hall–Kier alpha value is -2.20. The van der Waals surface area contributed by atoms with Crippen LogP contribution < -0.4 is 11.1 Å². The Balaban J connectivity index is 2.24. The lowest BCUT2D eigenvalue weighted by Crippen LogP contribution is -2.12. The summed E-state index contributed by atoms with van der Waals surface area (Å²) in [6.07, 6.45) is 0. The van der Waals surface area contributed by atoms with Gasteiger partial charge in [0.05, 0.1) is 10.6 Å². The molecule has 5 heteroatoms. The molecule has 1 amide bonds. The molecule has 2 rings (SSSR count). The number of halogens is 1. The number of phenols is 1. The minimum atomic E-state index is -0.377. The Labute approximate surface area is 109 Å². The molecule has 0 aromatic heterocycles. The number of hydrogen-bond acceptors (Lipinski definition) is 3. The van der Waals surface area contributed by atoms with E-state index in [4.69, 9.17) is 17.3 Å². The molecule has 0 atom stereocenters. The first kappa shape index (κ1) is 12.3. The topological polar surface area (TPSA) is 75.4 Å². The number of nitrogen functional groups attached to an aromatic ring is 1. The van der Waals surface area contributed by atoms with E-state index in [0.717, 1.165) is 0 Å². The van der Waals surface area contributed by atoms with Crippen molar-refractivity contribution in [2.24, 2.45) is 0 Å². The van der Waals surface area contributed by atoms with Crippen LogP contribution in [0.2, 0.25) is 5.02 Å². The van der Waals surface area contributed by atoms with Crippen LogP contribution in [-0.4, -0.2) is 11.0 Å². The summed E-state index contributed by atoms with van der Waals surface area (Å²) in [5, 5.41) is 12.2. The first-order valence-corrected chi connectivity index (χ1v) is 5.59. The number of benzene rings is 2. The number of carbonyl (C=O) groups is 1. The summed E-state index contributed by atoms with van der Waals surface area (Å²) >= 11 is 5.92. The van der Waals surface area contributed by atoms with Crippen LogP contribution in [0.1, 0.15) is 10.4 Å². The Morgan fingerprint density at radius 3 is 2.72 bits per heavy atom. The van der Waals surface area contributed by atoms with E-state index in [-0.39, 0.29) is 11.7 Å². The number of hydrogen-bond donors (Lipinski definition) is 3. The lowest BCUT2D eigenvalue weighted by atomic mass is 10.2. The predicted octanol–water partition coefficient (Wildman–Crippen LogP) is 2.88. The van der Waals surface area contributed by atoms with Crippen molar-refractivity contribution in [2.45, 2.75) is 0 Å². The maximum atomic E-state index is 12.0. The molecule has 4 N–H and O–H groups in total. The van der Waals surface area contributed by atoms with E-state index in [9.17, 15) is 9.90 Å². The van der Waals surface area contributed by atoms with Gasteiger partial charge in [0.15, 0.2) is 0 Å². The third-order valence-corrected chi connectivity index (χ3v) is 2.67. The van der Waals surface area contributed by atoms with Gasteiger partial charge >= 0.3 is 0 Å². The standard InChI is InChI=1S/C13H11ClN2O2/c14-12-5-4-8(15)6-11(12)13(18)16-9-2-1-3-10(17)7-9/h1-7,17H,15H2,(H,16,18). The van der Waals surface area contributed by atoms with Gasteiger partial charge in [0, 0.05) is 17.4 Å². The monoisotopic (exact) mass is 262 g/mol. The van der Waals surface area contributed by atoms with E-state index in [1.807, 2.05) is 0 Å². The van der Waals surface area contributed by atoms with Crippen LogP contribution in [0.25, 0.3) is 0 Å². The zero-order chi connectivity index (χ0) is 13.1. The van der Waals surface area contributed by atoms with E-state index in [2.05, 4.69) is 5.32 Å². The molecule has 0 aliphatic heterocycles. The molecule has 0 heterocycles. The van der Waals surface area contributed by atoms with Crippen molar-refractivity contribution in [3.8, 4) is 5.75 Å². The van der Waals surface area contributed by atoms with Crippen molar-refractivity contribution in [1.82, 2.24) is 0 Å². The molecule has 0 saturated carbocycles. The molecule has 0 radical (unpaired) electrons. The van der Waals surface area contributed by atoms with Crippen molar-refractivity contribution in [3.05, 3.63) is 53.1 Å². The second kappa shape index (κ2) is 4.98. The molecule has 0 saturated heterocycles. The predicted molar refractivity (Wildman–Crippen MR) is 71.9 cm³/mol. The number of nitrogens with two attached hydrogens (primary N) is 1. The first-order chi connectivity index (χ1) is 8.56. The van der Waals surface area contributed by atoms with Crippen molar-refractivity contribution < 1.29 is 9.90 Å². The molecule has 0 unspecified atom stereocenters. The highest BCUT2D eigenvalue weighted by Gasteiger charge is 2.11. The fourth-order valence-electron chi connectivity index (χ4n) is 1.50. The van der Waals surface area contributed by atoms with Crippen molar-refractivity contribution in [3.63, 3.8) is 0 Å². The molecular formula is C13H11ClN2O2. The van der Waals surface area contributed by atoms with E-state index in [0.29, 0.717) is 22.0 Å². The highest BCUT2D eigenvalue weighted by atomic mass is 35.5. The number of aromatic hydroxyl groups is 1. The minimum Gasteiger partial charge on any atom is -0.508 e. The average Bonchev–Trinajstić information content (AvgIpc) is 2.32. The summed E-state index contributed by atoms with van der Waals surface area (Å²) in [5.41, 5.74) is 6.84. The van der Waals surface area contributed by atoms with Gasteiger partial charge in [0.1, 0.15) is 5.75 Å². The number of nitrogens with one attached hydrogen (secondary N) is 1. The molecule has 2 aromatic carbocycles. The maximum absolute atomic E-state index is 12.0. The summed E-state index contributed by atoms with van der Waals surface area (Å²) in [6.45, 7) is 0. The second-order valence-corrected chi connectivity index (χ2v) is 4.15. The number of amides is 1. The lowest BCUT2D eigenvalue weighted by molar-refractivity contribution is 0.102. The quantitative estimate of drug-likeness (QED) is 0.729. The minimum absolute atomic E-state index is 0.0754. The first-order valence-electron chi connectivity index (χ1n) is 5.21. The summed E-state index contributed by atoms with van der Waals surface area (Å²) in [4.78, 5) is 12.0. The Kier molecular flexibility index (Phi) is 3.39. The largest absolute Gasteiger partial charge is 0.508 e. The molecule has 4 nitrogen and oxygen atoms in total. The van der Waals surface area contributed by atoms with Crippen LogP contribution in [0.5, 0.6) is 5.75 Å². The fraction of sp³-hybridized carbons (Fsp3) is 0. The van der Waals surface area contributed by atoms with Crippen LogP contribution in [0.4, 0.5) is 11.4 Å². The van der Waals surface area contributed by atoms with Gasteiger partial charge in [-0.25, -0.2) is 0 Å². The Bertz CT molecular complexity index is 599. The molecule has 2 aromatic rings. The van der Waals surface area contributed by atoms with Gasteiger partial charge in [-0.15, -0.1) is 0 Å². The van der Waals surface area contributed by atoms with Crippen LogP contribution in [0.15, 0.2) is 42.5 Å². The molecule has 0 aliphatic rings. The van der Waals surface area contributed by atoms with Gasteiger partial charge in [0.2, 0.25) is 0 Å². The van der Waals surface area contributed by atoms with E-state index < -0.39 is 0 Å². The van der Waals surface area contributed by atoms with Crippen LogP contribution in [0, 0.1) is 0 Å². The maximum Gasteiger partial charge on any atom is 0.257 e. The number of anilines is 2. The van der Waals surface area contributed by atoms with Crippen molar-refractivity contribution in [2.75, 3.05) is 11.1 Å². The normalized spacial score (nSPS) is 10.1. The second-order valence-electron chi connectivity index (χ2n) is 3.74. The number of carbonyl (C=O) groups excluding carboxylic acids is 1. The van der Waals surface area contributed by atoms with Gasteiger partial charge in [-0.2, -0.15) is 0 Å². The summed E-state index contributed by atoms with van der Waals surface area (Å²) in [6, 6.07) is 10.9. The summed E-state index contributed by atoms with van der Waals surface area (Å²) in [7, 11) is 0. The molecule has 0 aliphatic carbocycles. The highest BCUT2D eigenvalue weighted by molar-refractivity contribution is 6.34. The van der Waals surface area contributed by atoms with Crippen LogP contribution in [-0.2, 0) is 0 Å². The Morgan fingerprint density at radius 2 is 2.00 bits per heavy atom. The highest BCUT2D eigenvalue weighted by Crippen LogP contribution is 2.21. The fourth-order valence-corrected chi connectivity index (χ4v) is 1.70. The lowest BCUT2D eigenvalue weighted by Gasteiger charge is -2.07. The van der Waals surface area contributed by atoms with Gasteiger partial charge in [-0.05, 0) is 30.3 Å². The van der Waals surface area contributed by atoms with Gasteiger partial charge in [-0.3, -0.25) is 4.79 Å². The van der Waals surface area contributed by atoms with E-state index in [1.54, 1.807) is 24.3 Å². The summed E-state index contributed by atoms with van der Waals surface area (Å²) < 4.78 is 0. The van der Waals surface area contributed by atoms with Crippen LogP contribution >= 0.6 is 11.6 Å². The molecule has 0 bridgehead atoms. The molecule has 0 spiro atoms. The average molecular weight is 263 g/mol. The SMILES string of the molecule is Nc1ccc(Cl)c(C(=O)Nc2cccc(O)c2)c1. The number of rotatable bonds is 2. The van der Waals surface area contributed by atoms with Crippen molar-refractivity contribution in [1.29, 1.82) is 0 Å². The third-order valence-electron chi connectivity index (χ3n) is 2.34. The van der Waals surface area contributed by atoms with Gasteiger partial charge in [-0.1, -0.05) is 17.7 Å². The molecule has 18 heavy (non-hydrogen) atoms. The zero-order valence-corrected chi connectivity index (χ0v) is 10.1. The van der Waals surface area contributed by atoms with E-state index >= 15 is 0 Å². The Morgan fingerprint density at radius 1 is 1.22 bits per heavy atom. The molecular weight excluding hydrogens is 252 g/mol.